The summed E-state index contributed by atoms with van der Waals surface area (Å²) >= 11 is 0. The van der Waals surface area contributed by atoms with E-state index in [-0.39, 0.29) is 5.41 Å². The van der Waals surface area contributed by atoms with Gasteiger partial charge >= 0.3 is 0 Å². The van der Waals surface area contributed by atoms with E-state index in [4.69, 9.17) is 0 Å². The molecule has 0 aromatic heterocycles. The first-order chi connectivity index (χ1) is 19.0. The number of aryl methyl sites for hydroxylation is 1. The quantitative estimate of drug-likeness (QED) is 0.194. The maximum Gasteiger partial charge on any atom is 0.0463 e. The third-order valence-corrected chi connectivity index (χ3v) is 7.47. The Labute approximate surface area is 234 Å². The van der Waals surface area contributed by atoms with Crippen LogP contribution in [0.5, 0.6) is 0 Å². The highest BCUT2D eigenvalue weighted by Gasteiger charge is 2.21. The molecule has 2 nitrogen and oxygen atoms in total. The summed E-state index contributed by atoms with van der Waals surface area (Å²) in [5.74, 6) is 0. The first-order valence-electron chi connectivity index (χ1n) is 13.9. The van der Waals surface area contributed by atoms with E-state index in [1.165, 1.54) is 24.0 Å². The van der Waals surface area contributed by atoms with Gasteiger partial charge in [0, 0.05) is 34.1 Å². The molecule has 0 amide bonds. The van der Waals surface area contributed by atoms with Gasteiger partial charge in [-0.3, -0.25) is 0 Å². The number of benzene rings is 5. The molecule has 2 heteroatoms. The lowest BCUT2D eigenvalue weighted by Gasteiger charge is -2.29. The van der Waals surface area contributed by atoms with Crippen LogP contribution in [-0.2, 0) is 5.41 Å². The van der Waals surface area contributed by atoms with Crippen molar-refractivity contribution >= 4 is 34.1 Å². The highest BCUT2D eigenvalue weighted by Crippen LogP contribution is 2.39. The standard InChI is InChI=1S/C37H38N2/c1-5-28-37(3,4)30-18-22-34(23-19-30)39(33-20-16-29(2)17-21-33)36-26-24-35(25-27-36)38(31-12-8-6-9-13-31)32-14-10-7-11-15-32/h6-27H,5,28H2,1-4H3. The van der Waals surface area contributed by atoms with Crippen molar-refractivity contribution in [3.05, 3.63) is 145 Å². The van der Waals surface area contributed by atoms with Crippen molar-refractivity contribution in [2.24, 2.45) is 0 Å². The highest BCUT2D eigenvalue weighted by atomic mass is 15.2. The van der Waals surface area contributed by atoms with Crippen molar-refractivity contribution < 1.29 is 0 Å². The van der Waals surface area contributed by atoms with E-state index < -0.39 is 0 Å². The molecular weight excluding hydrogens is 472 g/mol. The van der Waals surface area contributed by atoms with E-state index >= 15 is 0 Å². The molecule has 0 aliphatic heterocycles. The Morgan fingerprint density at radius 2 is 0.795 bits per heavy atom. The summed E-state index contributed by atoms with van der Waals surface area (Å²) in [6.07, 6.45) is 2.36. The fourth-order valence-corrected chi connectivity index (χ4v) is 5.32. The van der Waals surface area contributed by atoms with Crippen molar-refractivity contribution in [2.45, 2.75) is 46.0 Å². The molecule has 0 saturated carbocycles. The maximum absolute atomic E-state index is 2.34. The van der Waals surface area contributed by atoms with Crippen LogP contribution in [0.4, 0.5) is 34.1 Å². The third-order valence-electron chi connectivity index (χ3n) is 7.47. The third kappa shape index (κ3) is 5.91. The molecule has 0 fully saturated rings. The molecule has 0 bridgehead atoms. The van der Waals surface area contributed by atoms with Gasteiger partial charge in [0.15, 0.2) is 0 Å². The molecular formula is C37H38N2. The van der Waals surface area contributed by atoms with Crippen molar-refractivity contribution in [2.75, 3.05) is 9.80 Å². The number of hydrogen-bond donors (Lipinski definition) is 0. The summed E-state index contributed by atoms with van der Waals surface area (Å²) in [6, 6.07) is 47.9. The molecule has 0 aliphatic rings. The second-order valence-corrected chi connectivity index (χ2v) is 10.9. The summed E-state index contributed by atoms with van der Waals surface area (Å²) < 4.78 is 0. The molecule has 0 spiro atoms. The Morgan fingerprint density at radius 3 is 1.18 bits per heavy atom. The first kappa shape index (κ1) is 26.3. The monoisotopic (exact) mass is 510 g/mol. The zero-order valence-electron chi connectivity index (χ0n) is 23.5. The number of para-hydroxylation sites is 2. The van der Waals surface area contributed by atoms with Gasteiger partial charge in [0.05, 0.1) is 0 Å². The Bertz CT molecular complexity index is 1410. The van der Waals surface area contributed by atoms with Gasteiger partial charge in [-0.2, -0.15) is 0 Å². The molecule has 0 N–H and O–H groups in total. The van der Waals surface area contributed by atoms with E-state index in [2.05, 4.69) is 171 Å². The van der Waals surface area contributed by atoms with Crippen LogP contribution >= 0.6 is 0 Å². The van der Waals surface area contributed by atoms with Gasteiger partial charge in [0.1, 0.15) is 0 Å². The van der Waals surface area contributed by atoms with E-state index in [9.17, 15) is 0 Å². The zero-order valence-corrected chi connectivity index (χ0v) is 23.5. The molecule has 0 saturated heterocycles. The highest BCUT2D eigenvalue weighted by molar-refractivity contribution is 5.81. The van der Waals surface area contributed by atoms with Crippen LogP contribution in [0, 0.1) is 6.92 Å². The lowest BCUT2D eigenvalue weighted by molar-refractivity contribution is 0.473. The topological polar surface area (TPSA) is 6.48 Å². The van der Waals surface area contributed by atoms with Crippen LogP contribution in [0.25, 0.3) is 0 Å². The zero-order chi connectivity index (χ0) is 27.2. The van der Waals surface area contributed by atoms with Crippen LogP contribution < -0.4 is 9.80 Å². The minimum absolute atomic E-state index is 0.169. The lowest BCUT2D eigenvalue weighted by atomic mass is 9.81. The number of anilines is 6. The van der Waals surface area contributed by atoms with Crippen LogP contribution in [0.2, 0.25) is 0 Å². The van der Waals surface area contributed by atoms with Crippen LogP contribution in [0.15, 0.2) is 133 Å². The van der Waals surface area contributed by atoms with Crippen LogP contribution in [0.1, 0.15) is 44.7 Å². The van der Waals surface area contributed by atoms with Gasteiger partial charge in [-0.05, 0) is 97.1 Å². The van der Waals surface area contributed by atoms with Crippen LogP contribution in [-0.4, -0.2) is 0 Å². The first-order valence-corrected chi connectivity index (χ1v) is 13.9. The summed E-state index contributed by atoms with van der Waals surface area (Å²) in [7, 11) is 0. The molecule has 5 aromatic rings. The van der Waals surface area contributed by atoms with E-state index in [0.29, 0.717) is 0 Å². The van der Waals surface area contributed by atoms with Gasteiger partial charge in [-0.1, -0.05) is 93.4 Å². The summed E-state index contributed by atoms with van der Waals surface area (Å²) in [6.45, 7) is 9.07. The molecule has 0 heterocycles. The summed E-state index contributed by atoms with van der Waals surface area (Å²) in [5, 5.41) is 0. The Kier molecular flexibility index (Phi) is 7.84. The Hall–Kier alpha value is -4.30. The van der Waals surface area contributed by atoms with Gasteiger partial charge in [-0.15, -0.1) is 0 Å². The number of hydrogen-bond acceptors (Lipinski definition) is 2. The maximum atomic E-state index is 2.34. The lowest BCUT2D eigenvalue weighted by Crippen LogP contribution is -2.17. The Balaban J connectivity index is 1.54. The van der Waals surface area contributed by atoms with E-state index in [1.54, 1.807) is 0 Å². The minimum atomic E-state index is 0.169. The fraction of sp³-hybridized carbons (Fsp3) is 0.189. The average molecular weight is 511 g/mol. The van der Waals surface area contributed by atoms with Crippen molar-refractivity contribution in [3.8, 4) is 0 Å². The van der Waals surface area contributed by atoms with Crippen LogP contribution in [0.3, 0.4) is 0 Å². The van der Waals surface area contributed by atoms with E-state index in [1.807, 2.05) is 0 Å². The minimum Gasteiger partial charge on any atom is -0.311 e. The normalized spacial score (nSPS) is 11.3. The van der Waals surface area contributed by atoms with Gasteiger partial charge in [0.25, 0.3) is 0 Å². The molecule has 196 valence electrons. The predicted molar refractivity (Wildman–Crippen MR) is 168 cm³/mol. The van der Waals surface area contributed by atoms with Crippen molar-refractivity contribution in [1.29, 1.82) is 0 Å². The van der Waals surface area contributed by atoms with Crippen molar-refractivity contribution in [1.82, 2.24) is 0 Å². The fourth-order valence-electron chi connectivity index (χ4n) is 5.32. The Morgan fingerprint density at radius 1 is 0.462 bits per heavy atom. The second kappa shape index (κ2) is 11.6. The average Bonchev–Trinajstić information content (AvgIpc) is 2.97. The van der Waals surface area contributed by atoms with Crippen molar-refractivity contribution in [3.63, 3.8) is 0 Å². The second-order valence-electron chi connectivity index (χ2n) is 10.9. The molecule has 0 atom stereocenters. The van der Waals surface area contributed by atoms with Gasteiger partial charge in [-0.25, -0.2) is 0 Å². The van der Waals surface area contributed by atoms with Gasteiger partial charge < -0.3 is 9.80 Å². The van der Waals surface area contributed by atoms with E-state index in [0.717, 1.165) is 34.1 Å². The predicted octanol–water partition coefficient (Wildman–Crippen LogP) is 11.0. The number of nitrogens with zero attached hydrogens (tertiary/aromatic N) is 2. The largest absolute Gasteiger partial charge is 0.311 e. The summed E-state index contributed by atoms with van der Waals surface area (Å²) in [4.78, 5) is 4.64. The summed E-state index contributed by atoms with van der Waals surface area (Å²) in [5.41, 5.74) is 9.64. The molecule has 0 unspecified atom stereocenters. The molecule has 5 aromatic carbocycles. The molecule has 0 radical (unpaired) electrons. The molecule has 39 heavy (non-hydrogen) atoms. The molecule has 0 aliphatic carbocycles. The van der Waals surface area contributed by atoms with Gasteiger partial charge in [0.2, 0.25) is 0 Å². The molecule has 5 rings (SSSR count). The number of rotatable bonds is 9. The SMILES string of the molecule is CCCC(C)(C)c1ccc(N(c2ccc(C)cc2)c2ccc(N(c3ccccc3)c3ccccc3)cc2)cc1. The smallest absolute Gasteiger partial charge is 0.0463 e.